The number of benzene rings is 1. The van der Waals surface area contributed by atoms with Crippen molar-refractivity contribution in [3.8, 4) is 5.82 Å². The molecule has 0 aliphatic rings. The van der Waals surface area contributed by atoms with E-state index in [-0.39, 0.29) is 0 Å². The molecule has 0 saturated carbocycles. The largest absolute Gasteiger partial charge is 0.316 e. The molecule has 5 heteroatoms. The summed E-state index contributed by atoms with van der Waals surface area (Å²) >= 11 is 3.58. The zero-order chi connectivity index (χ0) is 15.0. The number of fused-ring (bicyclic) bond motifs is 1. The third-order valence-corrected chi connectivity index (χ3v) is 4.70. The second kappa shape index (κ2) is 5.58. The molecule has 2 heterocycles. The zero-order valence-corrected chi connectivity index (χ0v) is 13.9. The Morgan fingerprint density at radius 3 is 2.67 bits per heavy atom. The van der Waals surface area contributed by atoms with Crippen molar-refractivity contribution in [2.24, 2.45) is 0 Å². The number of rotatable bonds is 3. The van der Waals surface area contributed by atoms with E-state index in [0.29, 0.717) is 0 Å². The Balaban J connectivity index is 2.28. The topological polar surface area (TPSA) is 42.7 Å². The number of nitrogens with zero attached hydrogens (tertiary/aromatic N) is 3. The molecule has 0 aliphatic heterocycles. The SMILES string of the molecule is CNCc1cc2ccccc2nc1-n1nc(C)c(Br)c1C. The number of para-hydroxylation sites is 1. The summed E-state index contributed by atoms with van der Waals surface area (Å²) in [5.41, 5.74) is 4.15. The van der Waals surface area contributed by atoms with Gasteiger partial charge in [0.05, 0.1) is 21.4 Å². The fourth-order valence-corrected chi connectivity index (χ4v) is 2.73. The maximum atomic E-state index is 4.82. The molecular formula is C16H17BrN4. The quantitative estimate of drug-likeness (QED) is 0.790. The summed E-state index contributed by atoms with van der Waals surface area (Å²) in [4.78, 5) is 4.82. The first-order valence-electron chi connectivity index (χ1n) is 6.87. The van der Waals surface area contributed by atoms with Crippen LogP contribution in [-0.4, -0.2) is 21.8 Å². The molecule has 1 aromatic carbocycles. The molecule has 0 fully saturated rings. The van der Waals surface area contributed by atoms with Gasteiger partial charge in [0.1, 0.15) is 0 Å². The predicted octanol–water partition coefficient (Wildman–Crippen LogP) is 3.52. The van der Waals surface area contributed by atoms with Crippen LogP contribution in [0.5, 0.6) is 0 Å². The lowest BCUT2D eigenvalue weighted by molar-refractivity contribution is 0.759. The molecule has 3 aromatic rings. The number of aromatic nitrogens is 3. The van der Waals surface area contributed by atoms with Gasteiger partial charge in [-0.15, -0.1) is 0 Å². The molecule has 0 atom stereocenters. The summed E-state index contributed by atoms with van der Waals surface area (Å²) < 4.78 is 2.95. The van der Waals surface area contributed by atoms with Gasteiger partial charge in [0.15, 0.2) is 5.82 Å². The van der Waals surface area contributed by atoms with Gasteiger partial charge in [-0.1, -0.05) is 18.2 Å². The van der Waals surface area contributed by atoms with Crippen LogP contribution in [0.4, 0.5) is 0 Å². The van der Waals surface area contributed by atoms with Gasteiger partial charge in [-0.3, -0.25) is 0 Å². The predicted molar refractivity (Wildman–Crippen MR) is 88.8 cm³/mol. The van der Waals surface area contributed by atoms with E-state index in [1.54, 1.807) is 0 Å². The van der Waals surface area contributed by atoms with Gasteiger partial charge in [-0.25, -0.2) is 9.67 Å². The van der Waals surface area contributed by atoms with E-state index in [9.17, 15) is 0 Å². The minimum Gasteiger partial charge on any atom is -0.316 e. The smallest absolute Gasteiger partial charge is 0.158 e. The van der Waals surface area contributed by atoms with Crippen LogP contribution in [0.1, 0.15) is 17.0 Å². The minimum absolute atomic E-state index is 0.753. The Labute approximate surface area is 132 Å². The summed E-state index contributed by atoms with van der Waals surface area (Å²) in [5.74, 6) is 0.884. The molecule has 0 spiro atoms. The highest BCUT2D eigenvalue weighted by molar-refractivity contribution is 9.10. The fraction of sp³-hybridized carbons (Fsp3) is 0.250. The molecule has 0 bridgehead atoms. The normalized spacial score (nSPS) is 11.2. The number of pyridine rings is 1. The third kappa shape index (κ3) is 2.47. The van der Waals surface area contributed by atoms with Gasteiger partial charge in [-0.05, 0) is 49.0 Å². The van der Waals surface area contributed by atoms with E-state index in [4.69, 9.17) is 4.98 Å². The molecule has 0 radical (unpaired) electrons. The van der Waals surface area contributed by atoms with Crippen LogP contribution in [0.15, 0.2) is 34.8 Å². The Morgan fingerprint density at radius 2 is 2.00 bits per heavy atom. The van der Waals surface area contributed by atoms with Gasteiger partial charge in [0.2, 0.25) is 0 Å². The summed E-state index contributed by atoms with van der Waals surface area (Å²) in [5, 5.41) is 8.96. The van der Waals surface area contributed by atoms with Gasteiger partial charge in [0, 0.05) is 17.5 Å². The Hall–Kier alpha value is -1.72. The number of aryl methyl sites for hydroxylation is 1. The first kappa shape index (κ1) is 14.2. The molecule has 0 unspecified atom stereocenters. The van der Waals surface area contributed by atoms with Crippen LogP contribution in [0, 0.1) is 13.8 Å². The molecule has 21 heavy (non-hydrogen) atoms. The van der Waals surface area contributed by atoms with Crippen molar-refractivity contribution in [2.75, 3.05) is 7.05 Å². The van der Waals surface area contributed by atoms with Crippen LogP contribution in [0.3, 0.4) is 0 Å². The average molecular weight is 345 g/mol. The lowest BCUT2D eigenvalue weighted by atomic mass is 10.1. The van der Waals surface area contributed by atoms with Crippen LogP contribution >= 0.6 is 15.9 Å². The molecule has 108 valence electrons. The summed E-state index contributed by atoms with van der Waals surface area (Å²) in [6, 6.07) is 10.3. The van der Waals surface area contributed by atoms with Crippen molar-refractivity contribution in [3.05, 3.63) is 51.8 Å². The van der Waals surface area contributed by atoms with Gasteiger partial charge >= 0.3 is 0 Å². The molecule has 4 nitrogen and oxygen atoms in total. The number of nitrogens with one attached hydrogen (secondary N) is 1. The lowest BCUT2D eigenvalue weighted by Gasteiger charge is -2.12. The zero-order valence-electron chi connectivity index (χ0n) is 12.3. The standard InChI is InChI=1S/C16H17BrN4/c1-10-15(17)11(2)21(20-10)16-13(9-18-3)8-12-6-4-5-7-14(12)19-16/h4-8,18H,9H2,1-3H3. The monoisotopic (exact) mass is 344 g/mol. The van der Waals surface area contributed by atoms with E-state index < -0.39 is 0 Å². The van der Waals surface area contributed by atoms with E-state index in [0.717, 1.165) is 44.7 Å². The van der Waals surface area contributed by atoms with Crippen molar-refractivity contribution in [1.29, 1.82) is 0 Å². The highest BCUT2D eigenvalue weighted by Gasteiger charge is 2.15. The number of hydrogen-bond donors (Lipinski definition) is 1. The van der Waals surface area contributed by atoms with Gasteiger partial charge < -0.3 is 5.32 Å². The highest BCUT2D eigenvalue weighted by Crippen LogP contribution is 2.25. The van der Waals surface area contributed by atoms with Gasteiger partial charge in [0.25, 0.3) is 0 Å². The first-order chi connectivity index (χ1) is 10.1. The lowest BCUT2D eigenvalue weighted by Crippen LogP contribution is -2.12. The van der Waals surface area contributed by atoms with Crippen LogP contribution in [0.2, 0.25) is 0 Å². The second-order valence-electron chi connectivity index (χ2n) is 5.09. The van der Waals surface area contributed by atoms with E-state index >= 15 is 0 Å². The van der Waals surface area contributed by atoms with Crippen LogP contribution in [-0.2, 0) is 6.54 Å². The molecule has 0 saturated heterocycles. The highest BCUT2D eigenvalue weighted by atomic mass is 79.9. The van der Waals surface area contributed by atoms with Crippen molar-refractivity contribution in [2.45, 2.75) is 20.4 Å². The average Bonchev–Trinajstić information content (AvgIpc) is 2.74. The number of halogens is 1. The van der Waals surface area contributed by atoms with E-state index in [2.05, 4.69) is 38.5 Å². The van der Waals surface area contributed by atoms with Gasteiger partial charge in [-0.2, -0.15) is 5.10 Å². The summed E-state index contributed by atoms with van der Waals surface area (Å²) in [7, 11) is 1.94. The van der Waals surface area contributed by atoms with Crippen LogP contribution in [0.25, 0.3) is 16.7 Å². The van der Waals surface area contributed by atoms with E-state index in [1.807, 2.05) is 43.8 Å². The van der Waals surface area contributed by atoms with Crippen molar-refractivity contribution in [1.82, 2.24) is 20.1 Å². The summed E-state index contributed by atoms with van der Waals surface area (Å²) in [6.45, 7) is 4.79. The molecular weight excluding hydrogens is 328 g/mol. The Kier molecular flexibility index (Phi) is 3.78. The molecule has 0 amide bonds. The van der Waals surface area contributed by atoms with E-state index in [1.165, 1.54) is 0 Å². The molecule has 3 rings (SSSR count). The van der Waals surface area contributed by atoms with Crippen LogP contribution < -0.4 is 5.32 Å². The molecule has 1 N–H and O–H groups in total. The summed E-state index contributed by atoms with van der Waals surface area (Å²) in [6.07, 6.45) is 0. The number of hydrogen-bond acceptors (Lipinski definition) is 3. The molecule has 0 aliphatic carbocycles. The minimum atomic E-state index is 0.753. The second-order valence-corrected chi connectivity index (χ2v) is 5.88. The Morgan fingerprint density at radius 1 is 1.24 bits per heavy atom. The fourth-order valence-electron chi connectivity index (χ4n) is 2.48. The maximum Gasteiger partial charge on any atom is 0.158 e. The Bertz CT molecular complexity index is 807. The maximum absolute atomic E-state index is 4.82. The van der Waals surface area contributed by atoms with Crippen molar-refractivity contribution >= 4 is 26.8 Å². The first-order valence-corrected chi connectivity index (χ1v) is 7.66. The van der Waals surface area contributed by atoms with Crippen molar-refractivity contribution in [3.63, 3.8) is 0 Å². The molecule has 2 aromatic heterocycles. The van der Waals surface area contributed by atoms with Crippen molar-refractivity contribution < 1.29 is 0 Å². The third-order valence-electron chi connectivity index (χ3n) is 3.55.